The zero-order valence-corrected chi connectivity index (χ0v) is 19.8. The second-order valence-corrected chi connectivity index (χ2v) is 9.38. The van der Waals surface area contributed by atoms with Gasteiger partial charge in [0.25, 0.3) is 0 Å². The quantitative estimate of drug-likeness (QED) is 0.235. The molecule has 1 aliphatic carbocycles. The van der Waals surface area contributed by atoms with Gasteiger partial charge < -0.3 is 9.13 Å². The number of benzene rings is 4. The Morgan fingerprint density at radius 3 is 1.89 bits per heavy atom. The lowest BCUT2D eigenvalue weighted by atomic mass is 10.1. The van der Waals surface area contributed by atoms with Crippen LogP contribution in [-0.2, 0) is 0 Å². The van der Waals surface area contributed by atoms with Crippen LogP contribution in [0.25, 0.3) is 56.2 Å². The zero-order chi connectivity index (χ0) is 23.5. The molecule has 0 saturated carbocycles. The van der Waals surface area contributed by atoms with Gasteiger partial charge in [-0.2, -0.15) is 0 Å². The summed E-state index contributed by atoms with van der Waals surface area (Å²) in [4.78, 5) is 0. The minimum Gasteiger partial charge on any atom is -0.309 e. The van der Waals surface area contributed by atoms with Gasteiger partial charge in [0.05, 0.1) is 22.2 Å². The number of allylic oxidation sites excluding steroid dienone is 2. The Morgan fingerprint density at radius 2 is 1.20 bits per heavy atom. The van der Waals surface area contributed by atoms with Crippen molar-refractivity contribution < 1.29 is 0 Å². The lowest BCUT2D eigenvalue weighted by molar-refractivity contribution is 1.09. The van der Waals surface area contributed by atoms with E-state index >= 15 is 0 Å². The fourth-order valence-electron chi connectivity index (χ4n) is 5.49. The molecule has 7 rings (SSSR count). The van der Waals surface area contributed by atoms with E-state index in [4.69, 9.17) is 0 Å². The van der Waals surface area contributed by atoms with Crippen LogP contribution in [0.2, 0.25) is 0 Å². The molecule has 6 aromatic rings. The van der Waals surface area contributed by atoms with Crippen LogP contribution in [0.15, 0.2) is 103 Å². The van der Waals surface area contributed by atoms with Crippen molar-refractivity contribution in [2.45, 2.75) is 13.8 Å². The molecule has 0 radical (unpaired) electrons. The normalized spacial score (nSPS) is 12.6. The molecule has 0 unspecified atom stereocenters. The van der Waals surface area contributed by atoms with Crippen molar-refractivity contribution in [2.24, 2.45) is 0 Å². The molecule has 2 nitrogen and oxygen atoms in total. The third-order valence-corrected chi connectivity index (χ3v) is 7.07. The molecule has 0 atom stereocenters. The van der Waals surface area contributed by atoms with Gasteiger partial charge in [-0.15, -0.1) is 5.73 Å². The van der Waals surface area contributed by atoms with Gasteiger partial charge in [0.15, 0.2) is 0 Å². The minimum absolute atomic E-state index is 1.15. The minimum atomic E-state index is 1.15. The van der Waals surface area contributed by atoms with Crippen LogP contribution in [0.4, 0.5) is 0 Å². The third kappa shape index (κ3) is 2.98. The largest absolute Gasteiger partial charge is 0.309 e. The molecule has 35 heavy (non-hydrogen) atoms. The standard InChI is InChI=1S/C33H24N2/c1-22-12-18-32-28(20-22)29-21-23(2)13-19-33(29)35(32)25-16-14-24(15-17-25)34-30-10-5-3-4-8-26(30)27-9-6-7-11-31(27)34/h3-4,6-21H,1-2H3. The Bertz CT molecular complexity index is 1820. The van der Waals surface area contributed by atoms with E-state index < -0.39 is 0 Å². The molecule has 0 fully saturated rings. The predicted molar refractivity (Wildman–Crippen MR) is 149 cm³/mol. The average Bonchev–Trinajstić information content (AvgIpc) is 3.23. The van der Waals surface area contributed by atoms with E-state index in [0.29, 0.717) is 0 Å². The molecule has 2 heterocycles. The highest BCUT2D eigenvalue weighted by molar-refractivity contribution is 6.09. The average molecular weight is 449 g/mol. The molecule has 0 bridgehead atoms. The molecule has 2 aromatic heterocycles. The van der Waals surface area contributed by atoms with E-state index in [1.165, 1.54) is 55.1 Å². The number of rotatable bonds is 2. The van der Waals surface area contributed by atoms with E-state index in [0.717, 1.165) is 11.4 Å². The highest BCUT2D eigenvalue weighted by Crippen LogP contribution is 2.35. The summed E-state index contributed by atoms with van der Waals surface area (Å²) in [5.74, 6) is 0. The van der Waals surface area contributed by atoms with E-state index in [1.807, 2.05) is 6.08 Å². The van der Waals surface area contributed by atoms with E-state index in [9.17, 15) is 0 Å². The number of aryl methyl sites for hydroxylation is 2. The Balaban J connectivity index is 1.45. The summed E-state index contributed by atoms with van der Waals surface area (Å²) in [5.41, 5.74) is 14.2. The van der Waals surface area contributed by atoms with E-state index in [2.05, 4.69) is 132 Å². The first-order valence-corrected chi connectivity index (χ1v) is 12.0. The number of fused-ring (bicyclic) bond motifs is 6. The highest BCUT2D eigenvalue weighted by Gasteiger charge is 2.16. The Morgan fingerprint density at radius 1 is 0.600 bits per heavy atom. The number of hydrogen-bond donors (Lipinski definition) is 0. The molecule has 0 saturated heterocycles. The Labute approximate surface area is 204 Å². The number of nitrogens with zero attached hydrogens (tertiary/aromatic N) is 2. The maximum atomic E-state index is 3.30. The topological polar surface area (TPSA) is 9.86 Å². The summed E-state index contributed by atoms with van der Waals surface area (Å²) in [5, 5.41) is 3.86. The zero-order valence-electron chi connectivity index (χ0n) is 19.8. The fourth-order valence-corrected chi connectivity index (χ4v) is 5.49. The number of hydrogen-bond acceptors (Lipinski definition) is 0. The van der Waals surface area contributed by atoms with Crippen LogP contribution < -0.4 is 0 Å². The summed E-state index contributed by atoms with van der Waals surface area (Å²) in [7, 11) is 0. The van der Waals surface area contributed by atoms with Crippen molar-refractivity contribution in [1.29, 1.82) is 0 Å². The molecule has 0 N–H and O–H groups in total. The second kappa shape index (κ2) is 7.50. The lowest BCUT2D eigenvalue weighted by Crippen LogP contribution is -1.99. The van der Waals surface area contributed by atoms with E-state index in [1.54, 1.807) is 0 Å². The third-order valence-electron chi connectivity index (χ3n) is 7.07. The second-order valence-electron chi connectivity index (χ2n) is 9.38. The van der Waals surface area contributed by atoms with Crippen LogP contribution in [0, 0.1) is 13.8 Å². The van der Waals surface area contributed by atoms with Gasteiger partial charge in [-0.05, 0) is 74.5 Å². The lowest BCUT2D eigenvalue weighted by Gasteiger charge is -2.12. The van der Waals surface area contributed by atoms with Crippen LogP contribution >= 0.6 is 0 Å². The molecular formula is C33H24N2. The van der Waals surface area contributed by atoms with Crippen LogP contribution in [-0.4, -0.2) is 9.13 Å². The van der Waals surface area contributed by atoms with Crippen molar-refractivity contribution in [3.8, 4) is 11.4 Å². The van der Waals surface area contributed by atoms with Gasteiger partial charge in [-0.25, -0.2) is 0 Å². The predicted octanol–water partition coefficient (Wildman–Crippen LogP) is 8.54. The smallest absolute Gasteiger partial charge is 0.0618 e. The Kier molecular flexibility index (Phi) is 4.26. The van der Waals surface area contributed by atoms with Crippen LogP contribution in [0.1, 0.15) is 22.4 Å². The molecule has 1 aliphatic rings. The van der Waals surface area contributed by atoms with Gasteiger partial charge in [0, 0.05) is 39.2 Å². The summed E-state index contributed by atoms with van der Waals surface area (Å²) in [6.45, 7) is 4.33. The molecule has 2 heteroatoms. The number of aromatic nitrogens is 2. The fraction of sp³-hybridized carbons (Fsp3) is 0.0606. The van der Waals surface area contributed by atoms with Crippen molar-refractivity contribution in [1.82, 2.24) is 9.13 Å². The van der Waals surface area contributed by atoms with Crippen molar-refractivity contribution in [3.63, 3.8) is 0 Å². The summed E-state index contributed by atoms with van der Waals surface area (Å²) >= 11 is 0. The van der Waals surface area contributed by atoms with E-state index in [-0.39, 0.29) is 0 Å². The van der Waals surface area contributed by atoms with Gasteiger partial charge >= 0.3 is 0 Å². The SMILES string of the molecule is Cc1ccc2c(c1)c1cc(C)ccc1n2-c1ccc(-n2c3c(c4ccccc42)C=CC=C=C3)cc1. The first-order valence-electron chi connectivity index (χ1n) is 12.0. The first kappa shape index (κ1) is 19.9. The van der Waals surface area contributed by atoms with Gasteiger partial charge in [-0.1, -0.05) is 53.6 Å². The van der Waals surface area contributed by atoms with Gasteiger partial charge in [-0.3, -0.25) is 0 Å². The highest BCUT2D eigenvalue weighted by atomic mass is 15.0. The molecular weight excluding hydrogens is 424 g/mol. The maximum absolute atomic E-state index is 3.30. The molecule has 0 aliphatic heterocycles. The van der Waals surface area contributed by atoms with Crippen molar-refractivity contribution in [2.75, 3.05) is 0 Å². The molecule has 166 valence electrons. The monoisotopic (exact) mass is 448 g/mol. The van der Waals surface area contributed by atoms with Gasteiger partial charge in [0.1, 0.15) is 0 Å². The van der Waals surface area contributed by atoms with Crippen LogP contribution in [0.3, 0.4) is 0 Å². The van der Waals surface area contributed by atoms with Gasteiger partial charge in [0.2, 0.25) is 0 Å². The molecule has 0 spiro atoms. The van der Waals surface area contributed by atoms with Crippen molar-refractivity contribution in [3.05, 3.63) is 125 Å². The summed E-state index contributed by atoms with van der Waals surface area (Å²) in [6, 6.07) is 31.0. The maximum Gasteiger partial charge on any atom is 0.0618 e. The summed E-state index contributed by atoms with van der Waals surface area (Å²) < 4.78 is 4.72. The van der Waals surface area contributed by atoms with Crippen molar-refractivity contribution >= 4 is 44.9 Å². The number of para-hydroxylation sites is 1. The first-order chi connectivity index (χ1) is 17.2. The molecule has 4 aromatic carbocycles. The van der Waals surface area contributed by atoms with Crippen LogP contribution in [0.5, 0.6) is 0 Å². The molecule has 0 amide bonds. The summed E-state index contributed by atoms with van der Waals surface area (Å²) in [6.07, 6.45) is 8.30. The Hall–Kier alpha value is -4.52.